The van der Waals surface area contributed by atoms with E-state index >= 15 is 0 Å². The van der Waals surface area contributed by atoms with Crippen molar-refractivity contribution in [3.8, 4) is 5.75 Å². The number of allylic oxidation sites excluding steroid dienone is 3. The molecule has 1 aliphatic heterocycles. The molecule has 2 N–H and O–H groups in total. The summed E-state index contributed by atoms with van der Waals surface area (Å²) < 4.78 is 12.2. The van der Waals surface area contributed by atoms with Crippen LogP contribution in [0.15, 0.2) is 90.6 Å². The van der Waals surface area contributed by atoms with E-state index in [9.17, 15) is 5.11 Å². The van der Waals surface area contributed by atoms with Crippen molar-refractivity contribution in [3.63, 3.8) is 0 Å². The van der Waals surface area contributed by atoms with Crippen molar-refractivity contribution in [3.05, 3.63) is 107 Å². The van der Waals surface area contributed by atoms with Crippen LogP contribution in [0.3, 0.4) is 0 Å². The van der Waals surface area contributed by atoms with E-state index in [1.807, 2.05) is 23.2 Å². The lowest BCUT2D eigenvalue weighted by Crippen LogP contribution is -2.21. The lowest BCUT2D eigenvalue weighted by molar-refractivity contribution is 0.165. The van der Waals surface area contributed by atoms with Gasteiger partial charge in [-0.25, -0.2) is 0 Å². The predicted octanol–water partition coefficient (Wildman–Crippen LogP) is 7.99. The Kier molecular flexibility index (Phi) is 13.6. The van der Waals surface area contributed by atoms with E-state index in [-0.39, 0.29) is 12.8 Å². The van der Waals surface area contributed by atoms with Gasteiger partial charge in [-0.05, 0) is 67.0 Å². The van der Waals surface area contributed by atoms with Gasteiger partial charge in [0, 0.05) is 30.6 Å². The first kappa shape index (κ1) is 32.1. The molecule has 222 valence electrons. The molecule has 1 unspecified atom stereocenters. The molecule has 1 aliphatic rings. The molecule has 0 aromatic heterocycles. The van der Waals surface area contributed by atoms with Crippen LogP contribution in [0.25, 0.3) is 6.08 Å². The highest BCUT2D eigenvalue weighted by molar-refractivity contribution is 5.50. The number of aliphatic hydroxyl groups excluding tert-OH is 1. The molecule has 2 atom stereocenters. The molecular formula is C36H50N2O3. The van der Waals surface area contributed by atoms with Crippen molar-refractivity contribution < 1.29 is 14.6 Å². The van der Waals surface area contributed by atoms with Crippen LogP contribution in [0.4, 0.5) is 0 Å². The second kappa shape index (κ2) is 17.4. The molecule has 5 heteroatoms. The van der Waals surface area contributed by atoms with E-state index in [1.165, 1.54) is 36.0 Å². The van der Waals surface area contributed by atoms with Gasteiger partial charge >= 0.3 is 0 Å². The third-order valence-corrected chi connectivity index (χ3v) is 7.49. The topological polar surface area (TPSA) is 54.0 Å². The monoisotopic (exact) mass is 558 g/mol. The SMILES string of the molecule is C=C(CO)N(/C=C\[C@H](C)CC)CCCOc1ccc(CC2=C(C)NC(/C=C/c3ccc(CCCCC)cc3)O2)cc1. The van der Waals surface area contributed by atoms with Crippen molar-refractivity contribution in [2.24, 2.45) is 5.92 Å². The highest BCUT2D eigenvalue weighted by Gasteiger charge is 2.20. The molecule has 0 saturated heterocycles. The third-order valence-electron chi connectivity index (χ3n) is 7.49. The number of unbranched alkanes of at least 4 members (excludes halogenated alkanes) is 2. The van der Waals surface area contributed by atoms with E-state index in [2.05, 4.69) is 94.2 Å². The molecule has 2 aromatic carbocycles. The third kappa shape index (κ3) is 11.2. The van der Waals surface area contributed by atoms with Gasteiger partial charge in [0.1, 0.15) is 11.5 Å². The summed E-state index contributed by atoms with van der Waals surface area (Å²) >= 11 is 0. The number of nitrogens with one attached hydrogen (secondary N) is 1. The number of aryl methyl sites for hydroxylation is 1. The van der Waals surface area contributed by atoms with Crippen LogP contribution >= 0.6 is 0 Å². The van der Waals surface area contributed by atoms with Gasteiger partial charge in [-0.2, -0.15) is 0 Å². The Morgan fingerprint density at radius 1 is 1.07 bits per heavy atom. The fourth-order valence-corrected chi connectivity index (χ4v) is 4.53. The van der Waals surface area contributed by atoms with E-state index < -0.39 is 0 Å². The maximum atomic E-state index is 9.51. The highest BCUT2D eigenvalue weighted by Crippen LogP contribution is 2.23. The average molecular weight is 559 g/mol. The van der Waals surface area contributed by atoms with Crippen molar-refractivity contribution in [2.75, 3.05) is 19.8 Å². The number of rotatable bonds is 18. The molecule has 0 radical (unpaired) electrons. The van der Waals surface area contributed by atoms with Crippen molar-refractivity contribution in [1.82, 2.24) is 10.2 Å². The molecule has 0 aliphatic carbocycles. The fourth-order valence-electron chi connectivity index (χ4n) is 4.53. The standard InChI is InChI=1S/C36H50N2O3/c1-6-8-9-11-31-12-14-32(15-13-31)18-21-36-37-30(5)35(41-36)26-33-16-19-34(20-17-33)40-25-10-23-38(29(4)27-39)24-22-28(3)7-2/h12-22,24,28,36-37,39H,4,6-11,23,25-27H2,1-3,5H3/b21-18+,24-22-/t28-,36?/m1/s1. The minimum Gasteiger partial charge on any atom is -0.494 e. The minimum atomic E-state index is -0.154. The first-order valence-electron chi connectivity index (χ1n) is 15.3. The Labute approximate surface area is 248 Å². The Balaban J connectivity index is 1.42. The zero-order valence-corrected chi connectivity index (χ0v) is 25.6. The molecule has 0 spiro atoms. The molecule has 3 rings (SSSR count). The lowest BCUT2D eigenvalue weighted by atomic mass is 10.1. The van der Waals surface area contributed by atoms with E-state index in [0.29, 0.717) is 18.2 Å². The lowest BCUT2D eigenvalue weighted by Gasteiger charge is -2.22. The van der Waals surface area contributed by atoms with Crippen LogP contribution in [-0.4, -0.2) is 36.0 Å². The van der Waals surface area contributed by atoms with Gasteiger partial charge in [-0.1, -0.05) is 95.2 Å². The Morgan fingerprint density at radius 3 is 2.49 bits per heavy atom. The number of nitrogens with zero attached hydrogens (tertiary/aromatic N) is 1. The number of benzene rings is 2. The largest absolute Gasteiger partial charge is 0.494 e. The van der Waals surface area contributed by atoms with E-state index in [4.69, 9.17) is 9.47 Å². The van der Waals surface area contributed by atoms with Gasteiger partial charge in [0.15, 0.2) is 6.23 Å². The van der Waals surface area contributed by atoms with Gasteiger partial charge in [0.05, 0.1) is 13.2 Å². The first-order chi connectivity index (χ1) is 19.9. The van der Waals surface area contributed by atoms with Crippen LogP contribution in [0.5, 0.6) is 5.75 Å². The maximum Gasteiger partial charge on any atom is 0.189 e. The molecule has 0 amide bonds. The summed E-state index contributed by atoms with van der Waals surface area (Å²) in [5, 5.41) is 12.9. The van der Waals surface area contributed by atoms with Gasteiger partial charge < -0.3 is 24.8 Å². The summed E-state index contributed by atoms with van der Waals surface area (Å²) in [6, 6.07) is 17.1. The molecule has 0 saturated carbocycles. The van der Waals surface area contributed by atoms with Gasteiger partial charge in [0.2, 0.25) is 0 Å². The zero-order valence-electron chi connectivity index (χ0n) is 25.6. The number of hydrogen-bond acceptors (Lipinski definition) is 5. The van der Waals surface area contributed by atoms with Crippen LogP contribution < -0.4 is 10.1 Å². The maximum absolute atomic E-state index is 9.51. The Morgan fingerprint density at radius 2 is 1.80 bits per heavy atom. The molecule has 5 nitrogen and oxygen atoms in total. The van der Waals surface area contributed by atoms with Crippen LogP contribution in [0.1, 0.15) is 76.5 Å². The molecule has 1 heterocycles. The van der Waals surface area contributed by atoms with E-state index in [1.54, 1.807) is 0 Å². The molecule has 2 aromatic rings. The fraction of sp³-hybridized carbons (Fsp3) is 0.444. The normalized spacial score (nSPS) is 15.8. The molecular weight excluding hydrogens is 508 g/mol. The smallest absolute Gasteiger partial charge is 0.189 e. The second-order valence-corrected chi connectivity index (χ2v) is 11.0. The summed E-state index contributed by atoms with van der Waals surface area (Å²) in [5.41, 5.74) is 5.54. The van der Waals surface area contributed by atoms with Gasteiger partial charge in [-0.15, -0.1) is 0 Å². The highest BCUT2D eigenvalue weighted by atomic mass is 16.5. The average Bonchev–Trinajstić information content (AvgIpc) is 3.35. The number of ether oxygens (including phenoxy) is 2. The molecule has 0 bridgehead atoms. The Bertz CT molecular complexity index is 1150. The van der Waals surface area contributed by atoms with Crippen LogP contribution in [-0.2, 0) is 17.6 Å². The zero-order chi connectivity index (χ0) is 29.5. The van der Waals surface area contributed by atoms with Crippen molar-refractivity contribution >= 4 is 6.08 Å². The van der Waals surface area contributed by atoms with Crippen molar-refractivity contribution in [2.45, 2.75) is 78.9 Å². The molecule has 0 fully saturated rings. The van der Waals surface area contributed by atoms with Gasteiger partial charge in [-0.3, -0.25) is 0 Å². The van der Waals surface area contributed by atoms with Crippen LogP contribution in [0.2, 0.25) is 0 Å². The number of aliphatic hydroxyl groups is 1. The summed E-state index contributed by atoms with van der Waals surface area (Å²) in [4.78, 5) is 2.01. The molecule has 41 heavy (non-hydrogen) atoms. The summed E-state index contributed by atoms with van der Waals surface area (Å²) in [7, 11) is 0. The number of hydrogen-bond donors (Lipinski definition) is 2. The van der Waals surface area contributed by atoms with Crippen molar-refractivity contribution in [1.29, 1.82) is 0 Å². The van der Waals surface area contributed by atoms with E-state index in [0.717, 1.165) is 49.4 Å². The minimum absolute atomic E-state index is 0.0492. The second-order valence-electron chi connectivity index (χ2n) is 11.0. The summed E-state index contributed by atoms with van der Waals surface area (Å²) in [6.07, 6.45) is 15.8. The van der Waals surface area contributed by atoms with Crippen LogP contribution in [0, 0.1) is 5.92 Å². The Hall–Kier alpha value is -3.44. The predicted molar refractivity (Wildman–Crippen MR) is 171 cm³/mol. The summed E-state index contributed by atoms with van der Waals surface area (Å²) in [6.45, 7) is 13.9. The first-order valence-corrected chi connectivity index (χ1v) is 15.3. The summed E-state index contributed by atoms with van der Waals surface area (Å²) in [5.74, 6) is 2.31. The van der Waals surface area contributed by atoms with Gasteiger partial charge in [0.25, 0.3) is 0 Å². The quantitative estimate of drug-likeness (QED) is 0.182.